The zero-order chi connectivity index (χ0) is 15.7. The maximum absolute atomic E-state index is 11.6. The summed E-state index contributed by atoms with van der Waals surface area (Å²) in [5, 5.41) is 16.7. The van der Waals surface area contributed by atoms with Crippen molar-refractivity contribution in [3.8, 4) is 0 Å². The van der Waals surface area contributed by atoms with Crippen LogP contribution in [0.1, 0.15) is 55.8 Å². The molecule has 0 spiro atoms. The predicted molar refractivity (Wildman–Crippen MR) is 83.7 cm³/mol. The van der Waals surface area contributed by atoms with E-state index in [-0.39, 0.29) is 11.6 Å². The summed E-state index contributed by atoms with van der Waals surface area (Å²) in [7, 11) is 0. The Labute approximate surface area is 129 Å². The van der Waals surface area contributed by atoms with Crippen LogP contribution in [0.15, 0.2) is 6.20 Å². The van der Waals surface area contributed by atoms with Crippen LogP contribution in [-0.2, 0) is 0 Å². The van der Waals surface area contributed by atoms with E-state index >= 15 is 0 Å². The predicted octanol–water partition coefficient (Wildman–Crippen LogP) is 1.26. The second kappa shape index (κ2) is 5.72. The maximum Gasteiger partial charge on any atom is 0.254 e. The first-order chi connectivity index (χ1) is 10.4. The number of carbonyl (C=O) groups excluding carboxylic acids is 1. The van der Waals surface area contributed by atoms with Gasteiger partial charge in [0.1, 0.15) is 5.82 Å². The van der Waals surface area contributed by atoms with Crippen molar-refractivity contribution in [2.24, 2.45) is 5.73 Å². The average Bonchev–Trinajstić information content (AvgIpc) is 3.21. The van der Waals surface area contributed by atoms with Gasteiger partial charge in [-0.1, -0.05) is 0 Å². The van der Waals surface area contributed by atoms with Crippen molar-refractivity contribution < 1.29 is 9.90 Å². The molecule has 3 rings (SSSR count). The molecule has 0 radical (unpaired) electrons. The second-order valence-electron chi connectivity index (χ2n) is 6.67. The number of anilines is 2. The smallest absolute Gasteiger partial charge is 0.254 e. The van der Waals surface area contributed by atoms with Crippen LogP contribution in [0.5, 0.6) is 0 Å². The molecule has 0 unspecified atom stereocenters. The third-order valence-electron chi connectivity index (χ3n) is 4.26. The number of hydrogen-bond acceptors (Lipinski definition) is 6. The van der Waals surface area contributed by atoms with E-state index in [4.69, 9.17) is 5.73 Å². The number of nitrogens with one attached hydrogen (secondary N) is 2. The second-order valence-corrected chi connectivity index (χ2v) is 6.67. The van der Waals surface area contributed by atoms with E-state index in [1.54, 1.807) is 0 Å². The highest BCUT2D eigenvalue weighted by Gasteiger charge is 2.31. The van der Waals surface area contributed by atoms with Gasteiger partial charge in [-0.2, -0.15) is 4.98 Å². The van der Waals surface area contributed by atoms with Gasteiger partial charge in [0.2, 0.25) is 5.95 Å². The molecule has 1 amide bonds. The molecular formula is C15H23N5O2. The Balaban J connectivity index is 1.78. The molecule has 2 aliphatic carbocycles. The molecule has 0 saturated heterocycles. The van der Waals surface area contributed by atoms with E-state index in [2.05, 4.69) is 20.6 Å². The van der Waals surface area contributed by atoms with Crippen LogP contribution < -0.4 is 16.4 Å². The van der Waals surface area contributed by atoms with Crippen molar-refractivity contribution in [2.75, 3.05) is 10.6 Å². The molecule has 1 aromatic rings. The van der Waals surface area contributed by atoms with Gasteiger partial charge in [0, 0.05) is 18.3 Å². The molecule has 120 valence electrons. The lowest BCUT2D eigenvalue weighted by molar-refractivity contribution is 0.0182. The van der Waals surface area contributed by atoms with Crippen molar-refractivity contribution in [1.29, 1.82) is 0 Å². The Hall–Kier alpha value is -1.89. The van der Waals surface area contributed by atoms with Crippen LogP contribution in [0.4, 0.5) is 11.8 Å². The number of nitrogens with zero attached hydrogens (tertiary/aromatic N) is 2. The van der Waals surface area contributed by atoms with Gasteiger partial charge in [-0.05, 0) is 45.4 Å². The highest BCUT2D eigenvalue weighted by molar-refractivity contribution is 5.97. The molecule has 7 nitrogen and oxygen atoms in total. The Morgan fingerprint density at radius 2 is 2.14 bits per heavy atom. The molecular weight excluding hydrogens is 282 g/mol. The molecule has 1 aromatic heterocycles. The van der Waals surface area contributed by atoms with Crippen LogP contribution >= 0.6 is 0 Å². The summed E-state index contributed by atoms with van der Waals surface area (Å²) in [6, 6.07) is 0.508. The van der Waals surface area contributed by atoms with E-state index in [1.807, 2.05) is 6.92 Å². The lowest BCUT2D eigenvalue weighted by Crippen LogP contribution is -2.38. The first-order valence-electron chi connectivity index (χ1n) is 7.85. The number of amides is 1. The van der Waals surface area contributed by atoms with Gasteiger partial charge in [0.25, 0.3) is 5.91 Å². The lowest BCUT2D eigenvalue weighted by atomic mass is 9.83. The van der Waals surface area contributed by atoms with Crippen molar-refractivity contribution in [2.45, 2.75) is 63.1 Å². The zero-order valence-corrected chi connectivity index (χ0v) is 12.8. The van der Waals surface area contributed by atoms with Gasteiger partial charge in [-0.3, -0.25) is 4.79 Å². The minimum Gasteiger partial charge on any atom is -0.390 e. The first kappa shape index (κ1) is 15.0. The summed E-state index contributed by atoms with van der Waals surface area (Å²) >= 11 is 0. The Morgan fingerprint density at radius 3 is 2.77 bits per heavy atom. The van der Waals surface area contributed by atoms with Crippen LogP contribution in [0.2, 0.25) is 0 Å². The Kier molecular flexibility index (Phi) is 3.90. The van der Waals surface area contributed by atoms with E-state index < -0.39 is 11.5 Å². The van der Waals surface area contributed by atoms with Gasteiger partial charge in [0.05, 0.1) is 11.2 Å². The minimum atomic E-state index is -0.676. The molecule has 2 fully saturated rings. The van der Waals surface area contributed by atoms with E-state index in [0.29, 0.717) is 24.2 Å². The molecule has 2 aliphatic rings. The number of hydrogen-bond donors (Lipinski definition) is 4. The molecule has 5 N–H and O–H groups in total. The van der Waals surface area contributed by atoms with Gasteiger partial charge in [-0.25, -0.2) is 4.98 Å². The van der Waals surface area contributed by atoms with Gasteiger partial charge in [0.15, 0.2) is 0 Å². The molecule has 22 heavy (non-hydrogen) atoms. The number of carbonyl (C=O) groups is 1. The number of rotatable bonds is 5. The van der Waals surface area contributed by atoms with Gasteiger partial charge in [-0.15, -0.1) is 0 Å². The zero-order valence-electron chi connectivity index (χ0n) is 12.8. The van der Waals surface area contributed by atoms with Crippen LogP contribution in [0.25, 0.3) is 0 Å². The summed E-state index contributed by atoms with van der Waals surface area (Å²) in [5.41, 5.74) is 5.02. The van der Waals surface area contributed by atoms with Crippen LogP contribution in [0.3, 0.4) is 0 Å². The van der Waals surface area contributed by atoms with Crippen LogP contribution in [-0.4, -0.2) is 38.7 Å². The van der Waals surface area contributed by atoms with Crippen molar-refractivity contribution in [3.05, 3.63) is 11.8 Å². The molecule has 0 aliphatic heterocycles. The summed E-state index contributed by atoms with van der Waals surface area (Å²) in [4.78, 5) is 20.1. The normalized spacial score (nSPS) is 28.2. The summed E-state index contributed by atoms with van der Waals surface area (Å²) in [6.45, 7) is 1.84. The fourth-order valence-electron chi connectivity index (χ4n) is 2.93. The number of primary amides is 1. The standard InChI is InChI=1S/C15H23N5O2/c1-15(22)6-2-3-10(7-15)18-13-11(12(16)21)8-17-14(20-13)19-9-4-5-9/h8-10,22H,2-7H2,1H3,(H2,16,21)(H2,17,18,19,20)/t10-,15+/m1/s1. The van der Waals surface area contributed by atoms with Crippen LogP contribution in [0, 0.1) is 0 Å². The number of aromatic nitrogens is 2. The topological polar surface area (TPSA) is 113 Å². The summed E-state index contributed by atoms with van der Waals surface area (Å²) in [5.74, 6) is 0.411. The molecule has 2 atom stereocenters. The summed E-state index contributed by atoms with van der Waals surface area (Å²) in [6.07, 6.45) is 7.00. The average molecular weight is 305 g/mol. The molecule has 2 saturated carbocycles. The summed E-state index contributed by atoms with van der Waals surface area (Å²) < 4.78 is 0. The van der Waals surface area contributed by atoms with E-state index in [9.17, 15) is 9.90 Å². The van der Waals surface area contributed by atoms with E-state index in [1.165, 1.54) is 6.20 Å². The highest BCUT2D eigenvalue weighted by atomic mass is 16.3. The maximum atomic E-state index is 11.6. The van der Waals surface area contributed by atoms with Gasteiger partial charge < -0.3 is 21.5 Å². The number of nitrogens with two attached hydrogens (primary N) is 1. The SMILES string of the molecule is C[C@]1(O)CCC[C@@H](Nc2nc(NC3CC3)ncc2C(N)=O)C1. The van der Waals surface area contributed by atoms with Crippen molar-refractivity contribution >= 4 is 17.7 Å². The molecule has 0 aromatic carbocycles. The monoisotopic (exact) mass is 305 g/mol. The third kappa shape index (κ3) is 3.65. The van der Waals surface area contributed by atoms with Crippen molar-refractivity contribution in [3.63, 3.8) is 0 Å². The largest absolute Gasteiger partial charge is 0.390 e. The molecule has 0 bridgehead atoms. The minimum absolute atomic E-state index is 0.0746. The quantitative estimate of drug-likeness (QED) is 0.651. The lowest BCUT2D eigenvalue weighted by Gasteiger charge is -2.34. The highest BCUT2D eigenvalue weighted by Crippen LogP contribution is 2.30. The first-order valence-corrected chi connectivity index (χ1v) is 7.85. The number of aliphatic hydroxyl groups is 1. The fraction of sp³-hybridized carbons (Fsp3) is 0.667. The molecule has 7 heteroatoms. The van der Waals surface area contributed by atoms with Crippen molar-refractivity contribution in [1.82, 2.24) is 9.97 Å². The Bertz CT molecular complexity index is 571. The third-order valence-corrected chi connectivity index (χ3v) is 4.26. The Morgan fingerprint density at radius 1 is 1.36 bits per heavy atom. The van der Waals surface area contributed by atoms with E-state index in [0.717, 1.165) is 32.1 Å². The fourth-order valence-corrected chi connectivity index (χ4v) is 2.93. The molecule has 1 heterocycles. The van der Waals surface area contributed by atoms with Gasteiger partial charge >= 0.3 is 0 Å².